The molecule has 1 saturated heterocycles. The highest BCUT2D eigenvalue weighted by Gasteiger charge is 2.33. The number of halogens is 1. The van der Waals surface area contributed by atoms with Gasteiger partial charge in [-0.15, -0.1) is 0 Å². The molecule has 1 amide bonds. The zero-order valence-electron chi connectivity index (χ0n) is 19.8. The van der Waals surface area contributed by atoms with Crippen LogP contribution >= 0.6 is 0 Å². The van der Waals surface area contributed by atoms with Crippen molar-refractivity contribution in [3.8, 4) is 0 Å². The summed E-state index contributed by atoms with van der Waals surface area (Å²) in [6.45, 7) is 11.1. The zero-order chi connectivity index (χ0) is 22.8. The molecule has 0 bridgehead atoms. The molecule has 3 aliphatic heterocycles. The number of fused-ring (bicyclic) bond motifs is 2. The summed E-state index contributed by atoms with van der Waals surface area (Å²) in [6, 6.07) is 3.96. The number of aryl methyl sites for hydroxylation is 2. The lowest BCUT2D eigenvalue weighted by atomic mass is 9.98. The average Bonchev–Trinajstić information content (AvgIpc) is 3.20. The lowest BCUT2D eigenvalue weighted by Gasteiger charge is -2.32. The number of aromatic nitrogens is 2. The maximum atomic E-state index is 14.5. The van der Waals surface area contributed by atoms with Crippen LogP contribution in [0.3, 0.4) is 0 Å². The minimum atomic E-state index is -0.177. The Kier molecular flexibility index (Phi) is 6.84. The number of hydrogen-bond donors (Lipinski definition) is 0. The molecule has 0 aliphatic carbocycles. The number of benzene rings is 1. The van der Waals surface area contributed by atoms with Crippen molar-refractivity contribution in [3.05, 3.63) is 40.3 Å². The van der Waals surface area contributed by atoms with E-state index in [1.807, 2.05) is 31.7 Å². The van der Waals surface area contributed by atoms with Crippen molar-refractivity contribution >= 4 is 17.4 Å². The molecular formula is C25H35FN4O2. The number of anilines is 2. The summed E-state index contributed by atoms with van der Waals surface area (Å²) in [5.74, 6) is 0.807. The first-order chi connectivity index (χ1) is 15.5. The Morgan fingerprint density at radius 2 is 1.91 bits per heavy atom. The van der Waals surface area contributed by atoms with Gasteiger partial charge < -0.3 is 14.5 Å². The number of ether oxygens (including phenoxy) is 1. The molecule has 0 spiro atoms. The summed E-state index contributed by atoms with van der Waals surface area (Å²) in [4.78, 5) is 16.2. The largest absolute Gasteiger partial charge is 0.381 e. The van der Waals surface area contributed by atoms with Crippen molar-refractivity contribution in [1.82, 2.24) is 14.7 Å². The molecule has 6 nitrogen and oxygen atoms in total. The number of carbonyl (C=O) groups is 1. The van der Waals surface area contributed by atoms with E-state index >= 15 is 0 Å². The second kappa shape index (κ2) is 9.61. The Morgan fingerprint density at radius 1 is 1.16 bits per heavy atom. The van der Waals surface area contributed by atoms with E-state index in [2.05, 4.69) is 9.58 Å². The van der Waals surface area contributed by atoms with Crippen LogP contribution in [0.5, 0.6) is 0 Å². The van der Waals surface area contributed by atoms with Crippen molar-refractivity contribution in [2.75, 3.05) is 31.2 Å². The number of nitrogens with zero attached hydrogens (tertiary/aromatic N) is 4. The molecule has 0 saturated carbocycles. The normalized spacial score (nSPS) is 18.5. The van der Waals surface area contributed by atoms with E-state index in [9.17, 15) is 9.18 Å². The van der Waals surface area contributed by atoms with Gasteiger partial charge in [0.25, 0.3) is 0 Å². The maximum Gasteiger partial charge on any atom is 0.219 e. The fourth-order valence-corrected chi connectivity index (χ4v) is 5.10. The first-order valence-electron chi connectivity index (χ1n) is 12.0. The van der Waals surface area contributed by atoms with Gasteiger partial charge in [0.05, 0.1) is 12.6 Å². The van der Waals surface area contributed by atoms with Gasteiger partial charge in [0.2, 0.25) is 5.91 Å². The van der Waals surface area contributed by atoms with E-state index in [4.69, 9.17) is 9.84 Å². The minimum absolute atomic E-state index is 0.0890. The molecule has 1 aromatic carbocycles. The number of rotatable bonds is 2. The van der Waals surface area contributed by atoms with Gasteiger partial charge in [0.15, 0.2) is 5.82 Å². The number of hydrogen-bond acceptors (Lipinski definition) is 4. The van der Waals surface area contributed by atoms with Crippen LogP contribution in [-0.4, -0.2) is 46.9 Å². The van der Waals surface area contributed by atoms with Crippen molar-refractivity contribution in [2.24, 2.45) is 0 Å². The molecule has 174 valence electrons. The Morgan fingerprint density at radius 3 is 2.62 bits per heavy atom. The zero-order valence-corrected chi connectivity index (χ0v) is 19.8. The monoisotopic (exact) mass is 442 g/mol. The molecule has 1 fully saturated rings. The van der Waals surface area contributed by atoms with Gasteiger partial charge in [-0.1, -0.05) is 19.9 Å². The molecule has 4 heterocycles. The molecule has 3 aliphatic rings. The summed E-state index contributed by atoms with van der Waals surface area (Å²) < 4.78 is 22.2. The first kappa shape index (κ1) is 22.8. The van der Waals surface area contributed by atoms with E-state index in [1.54, 1.807) is 13.0 Å². The molecule has 7 heteroatoms. The minimum Gasteiger partial charge on any atom is -0.381 e. The van der Waals surface area contributed by atoms with E-state index in [0.717, 1.165) is 75.5 Å². The third-order valence-electron chi connectivity index (χ3n) is 6.78. The predicted molar refractivity (Wildman–Crippen MR) is 124 cm³/mol. The lowest BCUT2D eigenvalue weighted by Crippen LogP contribution is -2.36. The molecule has 0 radical (unpaired) electrons. The number of carbonyl (C=O) groups excluding carboxylic acids is 1. The fourth-order valence-electron chi connectivity index (χ4n) is 5.10. The van der Waals surface area contributed by atoms with Crippen LogP contribution in [0, 0.1) is 12.7 Å². The van der Waals surface area contributed by atoms with Crippen LogP contribution in [0.25, 0.3) is 0 Å². The van der Waals surface area contributed by atoms with Crippen molar-refractivity contribution in [1.29, 1.82) is 0 Å². The summed E-state index contributed by atoms with van der Waals surface area (Å²) in [6.07, 6.45) is 4.67. The second-order valence-electron chi connectivity index (χ2n) is 8.71. The first-order valence-corrected chi connectivity index (χ1v) is 12.0. The summed E-state index contributed by atoms with van der Waals surface area (Å²) >= 11 is 0. The Labute approximate surface area is 190 Å². The second-order valence-corrected chi connectivity index (χ2v) is 8.71. The van der Waals surface area contributed by atoms with Crippen molar-refractivity contribution in [3.63, 3.8) is 0 Å². The van der Waals surface area contributed by atoms with Gasteiger partial charge in [-0.2, -0.15) is 5.10 Å². The average molecular weight is 443 g/mol. The van der Waals surface area contributed by atoms with Crippen LogP contribution in [0.4, 0.5) is 15.9 Å². The van der Waals surface area contributed by atoms with Gasteiger partial charge in [0, 0.05) is 56.6 Å². The summed E-state index contributed by atoms with van der Waals surface area (Å²) in [5, 5.41) is 5.11. The third-order valence-corrected chi connectivity index (χ3v) is 6.78. The third kappa shape index (κ3) is 4.15. The molecule has 0 atom stereocenters. The van der Waals surface area contributed by atoms with Gasteiger partial charge >= 0.3 is 0 Å². The van der Waals surface area contributed by atoms with Crippen LogP contribution < -0.4 is 4.90 Å². The van der Waals surface area contributed by atoms with Crippen LogP contribution in [-0.2, 0) is 28.9 Å². The standard InChI is InChI=1S/C23H29FN4O2.C2H6/c1-15-12-17-4-3-8-27(22(17)13-20(15)24)23-19-14-26(16(2)29)9-5-21(19)28(25-23)18-6-10-30-11-7-18;1-2/h12-13,18H,3-11,14H2,1-2H3;1-2H3. The molecular weight excluding hydrogens is 407 g/mol. The van der Waals surface area contributed by atoms with Crippen LogP contribution in [0.1, 0.15) is 68.5 Å². The Hall–Kier alpha value is -2.41. The van der Waals surface area contributed by atoms with Gasteiger partial charge in [-0.25, -0.2) is 4.39 Å². The maximum absolute atomic E-state index is 14.5. The highest BCUT2D eigenvalue weighted by molar-refractivity contribution is 5.75. The highest BCUT2D eigenvalue weighted by atomic mass is 19.1. The predicted octanol–water partition coefficient (Wildman–Crippen LogP) is 4.70. The molecule has 5 rings (SSSR count). The summed E-state index contributed by atoms with van der Waals surface area (Å²) in [5.41, 5.74) is 5.14. The number of amides is 1. The van der Waals surface area contributed by atoms with Gasteiger partial charge in [0.1, 0.15) is 5.82 Å². The topological polar surface area (TPSA) is 50.6 Å². The molecule has 32 heavy (non-hydrogen) atoms. The highest BCUT2D eigenvalue weighted by Crippen LogP contribution is 2.40. The quantitative estimate of drug-likeness (QED) is 0.677. The van der Waals surface area contributed by atoms with Gasteiger partial charge in [-0.05, 0) is 49.8 Å². The Bertz CT molecular complexity index is 981. The molecule has 2 aromatic rings. The smallest absolute Gasteiger partial charge is 0.219 e. The molecule has 0 N–H and O–H groups in total. The van der Waals surface area contributed by atoms with Crippen LogP contribution in [0.2, 0.25) is 0 Å². The van der Waals surface area contributed by atoms with Crippen molar-refractivity contribution < 1.29 is 13.9 Å². The van der Waals surface area contributed by atoms with E-state index in [0.29, 0.717) is 18.2 Å². The SMILES string of the molecule is CC.CC(=O)N1CCc2c(c(N3CCCc4cc(C)c(F)cc43)nn2C2CCOCC2)C1. The van der Waals surface area contributed by atoms with Crippen molar-refractivity contribution in [2.45, 2.75) is 72.4 Å². The van der Waals surface area contributed by atoms with E-state index < -0.39 is 0 Å². The van der Waals surface area contributed by atoms with E-state index in [1.165, 1.54) is 11.3 Å². The summed E-state index contributed by atoms with van der Waals surface area (Å²) in [7, 11) is 0. The van der Waals surface area contributed by atoms with Crippen LogP contribution in [0.15, 0.2) is 12.1 Å². The van der Waals surface area contributed by atoms with Gasteiger partial charge in [-0.3, -0.25) is 9.48 Å². The Balaban J connectivity index is 0.00000119. The molecule has 0 unspecified atom stereocenters. The van der Waals surface area contributed by atoms with E-state index in [-0.39, 0.29) is 11.7 Å². The molecule has 1 aromatic heterocycles. The lowest BCUT2D eigenvalue weighted by molar-refractivity contribution is -0.129. The fraction of sp³-hybridized carbons (Fsp3) is 0.600.